The molecule has 0 aromatic heterocycles. The van der Waals surface area contributed by atoms with Gasteiger partial charge in [0.1, 0.15) is 0 Å². The molecule has 0 radical (unpaired) electrons. The van der Waals surface area contributed by atoms with Crippen molar-refractivity contribution in [3.63, 3.8) is 0 Å². The van der Waals surface area contributed by atoms with Crippen molar-refractivity contribution in [1.29, 1.82) is 0 Å². The third kappa shape index (κ3) is 3.49. The normalized spacial score (nSPS) is 20.2. The van der Waals surface area contributed by atoms with E-state index in [0.29, 0.717) is 7.25 Å². The van der Waals surface area contributed by atoms with Crippen LogP contribution in [0.15, 0.2) is 115 Å². The summed E-state index contributed by atoms with van der Waals surface area (Å²) in [5.74, 6) is -1.34. The van der Waals surface area contributed by atoms with E-state index in [0.717, 1.165) is 0 Å². The monoisotopic (exact) mass is 561 g/mol. The minimum absolute atomic E-state index is 0.534. The Balaban J connectivity index is 1.59. The first kappa shape index (κ1) is 23.8. The minimum atomic E-state index is -3.69. The second kappa shape index (κ2) is 8.79. The predicted molar refractivity (Wildman–Crippen MR) is 157 cm³/mol. The topological polar surface area (TPSA) is 0 Å². The van der Waals surface area contributed by atoms with Crippen LogP contribution in [0.3, 0.4) is 0 Å². The van der Waals surface area contributed by atoms with E-state index in [9.17, 15) is 0 Å². The molecule has 2 aliphatic rings. The molecule has 0 saturated heterocycles. The van der Waals surface area contributed by atoms with Gasteiger partial charge in [0.2, 0.25) is 0 Å². The van der Waals surface area contributed by atoms with Crippen molar-refractivity contribution >= 4 is 23.3 Å². The standard InChI is InChI=1S/C15H11.C10H9.C7H9Si.2CH3.Zr/c1-2-6-12(7-3-1)14-10-4-8-13-9-5-11-15(13)14;1-8-6-9-4-2-3-5-10(9)7-8;1-8-7-5-3-2-4-6-7;;;/h1-11H;2-7H,1H3;2-6,8H,1H3;2*1H3;. The van der Waals surface area contributed by atoms with Crippen LogP contribution in [0.25, 0.3) is 23.3 Å². The molecular formula is C34H35SiZr. The van der Waals surface area contributed by atoms with Gasteiger partial charge in [-0.3, -0.25) is 0 Å². The molecule has 4 aromatic carbocycles. The van der Waals surface area contributed by atoms with E-state index in [2.05, 4.69) is 144 Å². The molecule has 0 fully saturated rings. The van der Waals surface area contributed by atoms with E-state index < -0.39 is 23.9 Å². The summed E-state index contributed by atoms with van der Waals surface area (Å²) in [6, 6.07) is 38.7. The first-order valence-electron chi connectivity index (χ1n) is 13.3. The van der Waals surface area contributed by atoms with Crippen LogP contribution in [0.1, 0.15) is 36.4 Å². The van der Waals surface area contributed by atoms with E-state index in [1.807, 2.05) is 0 Å². The Morgan fingerprint density at radius 2 is 1.33 bits per heavy atom. The van der Waals surface area contributed by atoms with Crippen LogP contribution in [0.5, 0.6) is 0 Å². The Morgan fingerprint density at radius 3 is 2.08 bits per heavy atom. The second-order valence-electron chi connectivity index (χ2n) is 11.8. The average molecular weight is 563 g/mol. The van der Waals surface area contributed by atoms with Gasteiger partial charge < -0.3 is 0 Å². The van der Waals surface area contributed by atoms with Gasteiger partial charge in [-0.05, 0) is 0 Å². The van der Waals surface area contributed by atoms with Crippen molar-refractivity contribution < 1.29 is 17.9 Å². The van der Waals surface area contributed by atoms with E-state index in [-0.39, 0.29) is 0 Å². The van der Waals surface area contributed by atoms with Gasteiger partial charge in [0.15, 0.2) is 0 Å². The first-order valence-corrected chi connectivity index (χ1v) is 27.6. The van der Waals surface area contributed by atoms with Gasteiger partial charge in [-0.2, -0.15) is 0 Å². The van der Waals surface area contributed by atoms with Gasteiger partial charge in [-0.1, -0.05) is 0 Å². The van der Waals surface area contributed by atoms with Gasteiger partial charge in [0.25, 0.3) is 0 Å². The number of rotatable bonds is 5. The summed E-state index contributed by atoms with van der Waals surface area (Å²) in [7, 11) is 0. The fourth-order valence-corrected chi connectivity index (χ4v) is 44.1. The molecule has 36 heavy (non-hydrogen) atoms. The van der Waals surface area contributed by atoms with Crippen molar-refractivity contribution in [3.8, 4) is 11.1 Å². The summed E-state index contributed by atoms with van der Waals surface area (Å²) >= 11 is -3.69. The van der Waals surface area contributed by atoms with Gasteiger partial charge in [0.05, 0.1) is 0 Å². The molecule has 2 aliphatic carbocycles. The van der Waals surface area contributed by atoms with Crippen LogP contribution < -0.4 is 5.19 Å². The Hall–Kier alpha value is -2.54. The third-order valence-electron chi connectivity index (χ3n) is 9.72. The van der Waals surface area contributed by atoms with E-state index >= 15 is 0 Å². The van der Waals surface area contributed by atoms with Gasteiger partial charge in [-0.25, -0.2) is 0 Å². The molecule has 6 rings (SSSR count). The number of hydrogen-bond donors (Lipinski definition) is 0. The Kier molecular flexibility index (Phi) is 5.82. The summed E-state index contributed by atoms with van der Waals surface area (Å²) in [6.45, 7) is 5.10. The number of allylic oxidation sites excluding steroid dienone is 2. The van der Waals surface area contributed by atoms with Crippen LogP contribution in [0.2, 0.25) is 15.8 Å². The van der Waals surface area contributed by atoms with Gasteiger partial charge >= 0.3 is 219 Å². The quantitative estimate of drug-likeness (QED) is 0.214. The molecule has 3 atom stereocenters. The molecule has 0 N–H and O–H groups in total. The zero-order valence-electron chi connectivity index (χ0n) is 21.8. The summed E-state index contributed by atoms with van der Waals surface area (Å²) in [6.07, 6.45) is 7.59. The van der Waals surface area contributed by atoms with Gasteiger partial charge in [-0.15, -0.1) is 0 Å². The average Bonchev–Trinajstić information content (AvgIpc) is 3.51. The molecule has 0 heterocycles. The fraction of sp³-hybridized carbons (Fsp3) is 0.176. The second-order valence-corrected chi connectivity index (χ2v) is 47.5. The Morgan fingerprint density at radius 1 is 0.694 bits per heavy atom. The SMILES string of the molecule is CC1=Cc2ccccc2[CH]1[Zr]([CH3])([CH3])([CH]1C=Cc2c(-c3ccccc3)cccc21)[SiH](C)c1ccccc1. The molecule has 0 nitrogen and oxygen atoms in total. The molecule has 0 amide bonds. The van der Waals surface area contributed by atoms with Crippen LogP contribution in [-0.2, 0) is 17.9 Å². The Labute approximate surface area is 218 Å². The maximum atomic E-state index is 2.83. The molecule has 0 spiro atoms. The predicted octanol–water partition coefficient (Wildman–Crippen LogP) is 8.63. The van der Waals surface area contributed by atoms with Crippen LogP contribution in [0, 0.1) is 0 Å². The van der Waals surface area contributed by atoms with Crippen molar-refractivity contribution in [2.75, 3.05) is 0 Å². The molecule has 4 aromatic rings. The molecule has 0 bridgehead atoms. The van der Waals surface area contributed by atoms with E-state index in [1.54, 1.807) is 21.9 Å². The summed E-state index contributed by atoms with van der Waals surface area (Å²) < 4.78 is 6.76. The van der Waals surface area contributed by atoms with Crippen LogP contribution in [-0.4, -0.2) is 5.92 Å². The molecule has 0 aliphatic heterocycles. The molecule has 0 saturated carbocycles. The van der Waals surface area contributed by atoms with Gasteiger partial charge in [0, 0.05) is 0 Å². The molecular weight excluding hydrogens is 528 g/mol. The summed E-state index contributed by atoms with van der Waals surface area (Å²) in [5, 5.41) is 1.63. The number of benzene rings is 4. The number of hydrogen-bond acceptors (Lipinski definition) is 0. The number of fused-ring (bicyclic) bond motifs is 2. The zero-order valence-corrected chi connectivity index (χ0v) is 25.4. The van der Waals surface area contributed by atoms with E-state index in [1.165, 1.54) is 22.3 Å². The van der Waals surface area contributed by atoms with Crippen molar-refractivity contribution in [2.45, 2.75) is 30.0 Å². The maximum absolute atomic E-state index is 3.69. The fourth-order valence-electron chi connectivity index (χ4n) is 7.65. The molecule has 179 valence electrons. The summed E-state index contributed by atoms with van der Waals surface area (Å²) in [5.41, 5.74) is 10.3. The molecule has 2 heteroatoms. The molecule has 3 unspecified atom stereocenters. The third-order valence-corrected chi connectivity index (χ3v) is 53.0. The van der Waals surface area contributed by atoms with Crippen LogP contribution >= 0.6 is 0 Å². The van der Waals surface area contributed by atoms with Crippen molar-refractivity contribution in [3.05, 3.63) is 137 Å². The van der Waals surface area contributed by atoms with Crippen molar-refractivity contribution in [2.24, 2.45) is 0 Å². The first-order chi connectivity index (χ1) is 17.4. The van der Waals surface area contributed by atoms with E-state index in [4.69, 9.17) is 0 Å². The zero-order chi connectivity index (χ0) is 24.9. The summed E-state index contributed by atoms with van der Waals surface area (Å²) in [4.78, 5) is 0. The van der Waals surface area contributed by atoms with Crippen molar-refractivity contribution in [1.82, 2.24) is 0 Å². The van der Waals surface area contributed by atoms with Crippen LogP contribution in [0.4, 0.5) is 0 Å². The Bertz CT molecular complexity index is 1500.